The van der Waals surface area contributed by atoms with Crippen LogP contribution in [0, 0.1) is 24.8 Å². The van der Waals surface area contributed by atoms with Gasteiger partial charge in [0.15, 0.2) is 5.82 Å². The Morgan fingerprint density at radius 3 is 2.69 bits per heavy atom. The minimum absolute atomic E-state index is 0.167. The Morgan fingerprint density at radius 1 is 1.14 bits per heavy atom. The van der Waals surface area contributed by atoms with Crippen molar-refractivity contribution >= 4 is 45.3 Å². The van der Waals surface area contributed by atoms with Crippen LogP contribution in [0.15, 0.2) is 0 Å². The molecule has 0 saturated carbocycles. The molecule has 0 amide bonds. The van der Waals surface area contributed by atoms with Gasteiger partial charge >= 0.3 is 6.01 Å². The molecule has 1 aliphatic carbocycles. The summed E-state index contributed by atoms with van der Waals surface area (Å²) < 4.78 is 24.7. The summed E-state index contributed by atoms with van der Waals surface area (Å²) in [5.74, 6) is 2.18. The van der Waals surface area contributed by atoms with Crippen LogP contribution in [-0.4, -0.2) is 90.5 Å². The summed E-state index contributed by atoms with van der Waals surface area (Å²) in [6.07, 6.45) is 3.93. The SMILES string of the molecule is [C-]#[N+]c1c(N2CCCn3nc(-c4nc(C)nn4C)c(Cl)c3C2)nc(OC[C@@]23CCCN2C[C@H](F)C3)nc1N1CC2(CCc3sc(N)c(C#N)c32)C1. The Morgan fingerprint density at radius 2 is 1.94 bits per heavy atom. The highest BCUT2D eigenvalue weighted by atomic mass is 35.5. The lowest BCUT2D eigenvalue weighted by molar-refractivity contribution is 0.107. The van der Waals surface area contributed by atoms with Gasteiger partial charge in [-0.25, -0.2) is 18.9 Å². The minimum Gasteiger partial charge on any atom is -0.461 e. The standard InChI is InChI=1S/C34H37ClFN13OS/c1-19-40-29(45(3)43-19)26-25(35)22-15-46(9-5-11-49(22)44-26)30-27(39-2)31(42-32(41-30)50-18-34-7-4-10-48(34)14-20(36)12-34)47-16-33(17-47)8-6-23-24(33)21(13-37)28(38)51-23/h20H,4-12,14-18,38H2,1,3H3/t20-,34+/m1/s1. The number of ether oxygens (including phenoxy) is 1. The topological polar surface area (TPSA) is 147 Å². The number of aromatic nitrogens is 7. The first-order valence-electron chi connectivity index (χ1n) is 17.4. The van der Waals surface area contributed by atoms with E-state index in [0.29, 0.717) is 95.9 Å². The first-order chi connectivity index (χ1) is 24.6. The molecule has 9 rings (SSSR count). The van der Waals surface area contributed by atoms with Gasteiger partial charge in [0.1, 0.15) is 47.0 Å². The first kappa shape index (κ1) is 32.4. The first-order valence-corrected chi connectivity index (χ1v) is 18.6. The lowest BCUT2D eigenvalue weighted by Gasteiger charge is -2.50. The van der Waals surface area contributed by atoms with Crippen LogP contribution in [0.5, 0.6) is 6.01 Å². The van der Waals surface area contributed by atoms with Gasteiger partial charge in [0, 0.05) is 56.5 Å². The largest absolute Gasteiger partial charge is 0.461 e. The summed E-state index contributed by atoms with van der Waals surface area (Å²) in [6, 6.07) is 2.51. The number of anilines is 3. The summed E-state index contributed by atoms with van der Waals surface area (Å²) in [5, 5.41) is 20.2. The number of alkyl halides is 1. The lowest BCUT2D eigenvalue weighted by atomic mass is 9.74. The molecule has 4 aliphatic heterocycles. The summed E-state index contributed by atoms with van der Waals surface area (Å²) in [7, 11) is 1.82. The van der Waals surface area contributed by atoms with Crippen LogP contribution in [0.3, 0.4) is 0 Å². The Kier molecular flexibility index (Phi) is 7.47. The Hall–Kier alpha value is -4.51. The monoisotopic (exact) mass is 729 g/mol. The van der Waals surface area contributed by atoms with Crippen LogP contribution in [0.1, 0.15) is 59.6 Å². The van der Waals surface area contributed by atoms with E-state index in [-0.39, 0.29) is 23.6 Å². The minimum atomic E-state index is -0.884. The third-order valence-corrected chi connectivity index (χ3v) is 12.9. The van der Waals surface area contributed by atoms with Crippen molar-refractivity contribution in [2.45, 2.75) is 75.7 Å². The van der Waals surface area contributed by atoms with E-state index in [1.165, 1.54) is 16.2 Å². The number of nitrogens with zero attached hydrogens (tertiary/aromatic N) is 12. The Balaban J connectivity index is 1.08. The second-order valence-electron chi connectivity index (χ2n) is 14.6. The number of hydrogen-bond acceptors (Lipinski definition) is 12. The fourth-order valence-corrected chi connectivity index (χ4v) is 10.6. The van der Waals surface area contributed by atoms with Gasteiger partial charge < -0.3 is 20.3 Å². The van der Waals surface area contributed by atoms with Crippen molar-refractivity contribution in [3.8, 4) is 23.6 Å². The number of rotatable bonds is 6. The number of nitrogens with two attached hydrogens (primary N) is 1. The number of halogens is 2. The molecule has 2 N–H and O–H groups in total. The van der Waals surface area contributed by atoms with E-state index < -0.39 is 6.17 Å². The van der Waals surface area contributed by atoms with Crippen LogP contribution < -0.4 is 20.3 Å². The fraction of sp³-hybridized carbons (Fsp3) is 0.559. The van der Waals surface area contributed by atoms with E-state index in [9.17, 15) is 9.65 Å². The van der Waals surface area contributed by atoms with Gasteiger partial charge in [0.05, 0.1) is 34.9 Å². The highest BCUT2D eigenvalue weighted by Gasteiger charge is 2.53. The molecule has 1 spiro atoms. The van der Waals surface area contributed by atoms with Crippen molar-refractivity contribution in [2.75, 3.05) is 54.9 Å². The second-order valence-corrected chi connectivity index (χ2v) is 16.1. The van der Waals surface area contributed by atoms with Crippen LogP contribution in [0.4, 0.5) is 26.7 Å². The molecular weight excluding hydrogens is 693 g/mol. The van der Waals surface area contributed by atoms with Crippen molar-refractivity contribution in [1.82, 2.24) is 39.4 Å². The van der Waals surface area contributed by atoms with Crippen molar-refractivity contribution in [1.29, 1.82) is 5.26 Å². The van der Waals surface area contributed by atoms with Crippen LogP contribution in [0.25, 0.3) is 16.4 Å². The Labute approximate surface area is 303 Å². The van der Waals surface area contributed by atoms with Gasteiger partial charge in [0.25, 0.3) is 5.69 Å². The summed E-state index contributed by atoms with van der Waals surface area (Å²) >= 11 is 8.55. The van der Waals surface area contributed by atoms with Gasteiger partial charge in [0.2, 0.25) is 0 Å². The molecule has 4 aromatic rings. The zero-order valence-electron chi connectivity index (χ0n) is 28.5. The molecule has 17 heteroatoms. The summed E-state index contributed by atoms with van der Waals surface area (Å²) in [4.78, 5) is 26.0. The van der Waals surface area contributed by atoms with E-state index in [1.807, 2.05) is 18.7 Å². The van der Waals surface area contributed by atoms with E-state index >= 15 is 0 Å². The molecule has 264 valence electrons. The highest BCUT2D eigenvalue weighted by Crippen LogP contribution is 2.54. The summed E-state index contributed by atoms with van der Waals surface area (Å²) in [5.41, 5.74) is 8.99. The normalized spacial score (nSPS) is 23.5. The Bertz CT molecular complexity index is 2160. The molecule has 2 atom stereocenters. The number of thiophene rings is 1. The maximum absolute atomic E-state index is 14.6. The molecule has 0 unspecified atom stereocenters. The van der Waals surface area contributed by atoms with Crippen LogP contribution in [0.2, 0.25) is 5.02 Å². The highest BCUT2D eigenvalue weighted by molar-refractivity contribution is 7.16. The fourth-order valence-electron chi connectivity index (χ4n) is 9.16. The molecule has 14 nitrogen and oxygen atoms in total. The van der Waals surface area contributed by atoms with Crippen molar-refractivity contribution in [2.24, 2.45) is 7.05 Å². The van der Waals surface area contributed by atoms with Gasteiger partial charge in [-0.15, -0.1) is 11.3 Å². The van der Waals surface area contributed by atoms with E-state index in [2.05, 4.69) is 35.7 Å². The zero-order valence-corrected chi connectivity index (χ0v) is 30.1. The number of fused-ring (bicyclic) bond motifs is 4. The predicted molar refractivity (Wildman–Crippen MR) is 190 cm³/mol. The molecule has 3 fully saturated rings. The molecular formula is C34H37ClFN13OS. The quantitative estimate of drug-likeness (QED) is 0.279. The van der Waals surface area contributed by atoms with Crippen molar-refractivity contribution in [3.63, 3.8) is 0 Å². The molecule has 0 aromatic carbocycles. The van der Waals surface area contributed by atoms with Gasteiger partial charge in [-0.3, -0.25) is 9.58 Å². The lowest BCUT2D eigenvalue weighted by Crippen LogP contribution is -2.59. The summed E-state index contributed by atoms with van der Waals surface area (Å²) in [6.45, 7) is 14.6. The second kappa shape index (κ2) is 11.8. The van der Waals surface area contributed by atoms with Gasteiger partial charge in [-0.2, -0.15) is 25.4 Å². The van der Waals surface area contributed by atoms with Crippen molar-refractivity contribution in [3.05, 3.63) is 44.0 Å². The smallest absolute Gasteiger partial charge is 0.317 e. The van der Waals surface area contributed by atoms with Crippen LogP contribution >= 0.6 is 22.9 Å². The molecule has 0 radical (unpaired) electrons. The number of hydrogen-bond donors (Lipinski definition) is 1. The molecule has 5 aliphatic rings. The average molecular weight is 730 g/mol. The molecule has 3 saturated heterocycles. The van der Waals surface area contributed by atoms with Crippen LogP contribution in [-0.2, 0) is 32.0 Å². The predicted octanol–water partition coefficient (Wildman–Crippen LogP) is 4.57. The van der Waals surface area contributed by atoms with Gasteiger partial charge in [-0.05, 0) is 51.1 Å². The molecule has 4 aromatic heterocycles. The zero-order chi connectivity index (χ0) is 35.2. The van der Waals surface area contributed by atoms with Gasteiger partial charge in [-0.1, -0.05) is 11.6 Å². The van der Waals surface area contributed by atoms with E-state index in [1.54, 1.807) is 4.68 Å². The van der Waals surface area contributed by atoms with E-state index in [0.717, 1.165) is 49.9 Å². The number of nitriles is 1. The van der Waals surface area contributed by atoms with E-state index in [4.69, 9.17) is 43.7 Å². The third-order valence-electron chi connectivity index (χ3n) is 11.4. The number of aryl methyl sites for hydroxylation is 4. The maximum Gasteiger partial charge on any atom is 0.317 e. The number of nitrogen functional groups attached to an aromatic ring is 1. The molecule has 0 bridgehead atoms. The molecule has 51 heavy (non-hydrogen) atoms. The average Bonchev–Trinajstić information content (AvgIpc) is 3.89. The molecule has 8 heterocycles. The van der Waals surface area contributed by atoms with Crippen molar-refractivity contribution < 1.29 is 9.13 Å². The maximum atomic E-state index is 14.6. The third kappa shape index (κ3) is 4.98.